The van der Waals surface area contributed by atoms with E-state index in [1.54, 1.807) is 38.3 Å². The first kappa shape index (κ1) is 21.2. The van der Waals surface area contributed by atoms with Crippen LogP contribution in [0.15, 0.2) is 39.3 Å². The first-order chi connectivity index (χ1) is 14.5. The van der Waals surface area contributed by atoms with E-state index in [4.69, 9.17) is 9.47 Å². The maximum absolute atomic E-state index is 12.9. The Morgan fingerprint density at radius 2 is 1.83 bits per heavy atom. The Bertz CT molecular complexity index is 1100. The van der Waals surface area contributed by atoms with Gasteiger partial charge in [-0.25, -0.2) is 4.98 Å². The predicted octanol–water partition coefficient (Wildman–Crippen LogP) is 4.35. The van der Waals surface area contributed by atoms with Gasteiger partial charge in [-0.1, -0.05) is 13.3 Å². The second-order valence-corrected chi connectivity index (χ2v) is 6.70. The van der Waals surface area contributed by atoms with E-state index in [1.165, 1.54) is 4.68 Å². The highest BCUT2D eigenvalue weighted by Crippen LogP contribution is 2.23. The smallest absolute Gasteiger partial charge is 0.301 e. The molecule has 3 rings (SSSR count). The minimum Gasteiger partial charge on any atom is -0.497 e. The molecule has 9 nitrogen and oxygen atoms in total. The fourth-order valence-corrected chi connectivity index (χ4v) is 3.00. The van der Waals surface area contributed by atoms with Crippen LogP contribution in [-0.4, -0.2) is 33.5 Å². The summed E-state index contributed by atoms with van der Waals surface area (Å²) in [5, 5.41) is 11.3. The van der Waals surface area contributed by atoms with Crippen molar-refractivity contribution in [2.45, 2.75) is 40.5 Å². The van der Waals surface area contributed by atoms with Crippen molar-refractivity contribution in [3.8, 4) is 17.6 Å². The van der Waals surface area contributed by atoms with Gasteiger partial charge >= 0.3 is 5.56 Å². The molecule has 9 heteroatoms. The first-order valence-corrected chi connectivity index (χ1v) is 9.86. The third kappa shape index (κ3) is 4.40. The topological polar surface area (TPSA) is 107 Å². The van der Waals surface area contributed by atoms with Crippen LogP contribution >= 0.6 is 0 Å². The van der Waals surface area contributed by atoms with E-state index in [2.05, 4.69) is 32.2 Å². The van der Waals surface area contributed by atoms with E-state index >= 15 is 0 Å². The van der Waals surface area contributed by atoms with Gasteiger partial charge < -0.3 is 9.47 Å². The van der Waals surface area contributed by atoms with Gasteiger partial charge in [0.05, 0.1) is 25.1 Å². The van der Waals surface area contributed by atoms with Gasteiger partial charge in [-0.2, -0.15) is 14.8 Å². The molecule has 30 heavy (non-hydrogen) atoms. The number of ether oxygens (including phenoxy) is 2. The lowest BCUT2D eigenvalue weighted by atomic mass is 10.1. The Morgan fingerprint density at radius 3 is 2.47 bits per heavy atom. The van der Waals surface area contributed by atoms with Crippen molar-refractivity contribution in [1.82, 2.24) is 19.7 Å². The third-order valence-corrected chi connectivity index (χ3v) is 4.52. The van der Waals surface area contributed by atoms with E-state index in [0.29, 0.717) is 23.9 Å². The number of hydrogen-bond acceptors (Lipinski definition) is 7. The zero-order chi connectivity index (χ0) is 21.7. The zero-order valence-electron chi connectivity index (χ0n) is 17.9. The highest BCUT2D eigenvalue weighted by atomic mass is 16.5. The molecule has 1 N–H and O–H groups in total. The number of aryl methyl sites for hydroxylation is 2. The van der Waals surface area contributed by atoms with E-state index in [-0.39, 0.29) is 17.2 Å². The van der Waals surface area contributed by atoms with Crippen molar-refractivity contribution in [2.75, 3.05) is 13.7 Å². The number of rotatable bonds is 8. The fraction of sp³-hybridized carbons (Fsp3) is 0.381. The van der Waals surface area contributed by atoms with E-state index in [9.17, 15) is 4.79 Å². The Morgan fingerprint density at radius 1 is 1.10 bits per heavy atom. The molecule has 0 fully saturated rings. The molecule has 3 aromatic rings. The molecule has 2 aromatic heterocycles. The molecule has 0 amide bonds. The normalized spacial score (nSPS) is 11.2. The van der Waals surface area contributed by atoms with Crippen LogP contribution in [0.2, 0.25) is 0 Å². The zero-order valence-corrected chi connectivity index (χ0v) is 17.9. The molecule has 2 heterocycles. The Balaban J connectivity index is 1.98. The van der Waals surface area contributed by atoms with Gasteiger partial charge in [0.15, 0.2) is 5.69 Å². The number of aromatic nitrogens is 4. The summed E-state index contributed by atoms with van der Waals surface area (Å²) in [6, 6.07) is 7.08. The minimum absolute atomic E-state index is 0.197. The molecule has 0 atom stereocenters. The summed E-state index contributed by atoms with van der Waals surface area (Å²) >= 11 is 0. The largest absolute Gasteiger partial charge is 0.497 e. The van der Waals surface area contributed by atoms with Crippen molar-refractivity contribution in [3.05, 3.63) is 51.6 Å². The average Bonchev–Trinajstić information content (AvgIpc) is 3.03. The van der Waals surface area contributed by atoms with Crippen LogP contribution in [0.3, 0.4) is 0 Å². The molecule has 0 radical (unpaired) electrons. The number of H-pyrrole nitrogens is 1. The molecule has 0 bridgehead atoms. The molecule has 158 valence electrons. The number of nitrogens with zero attached hydrogens (tertiary/aromatic N) is 5. The maximum atomic E-state index is 12.9. The summed E-state index contributed by atoms with van der Waals surface area (Å²) < 4.78 is 12.1. The highest BCUT2D eigenvalue weighted by molar-refractivity contribution is 5.44. The van der Waals surface area contributed by atoms with Crippen LogP contribution in [0.4, 0.5) is 11.4 Å². The number of nitrogens with one attached hydrogen (secondary N) is 1. The maximum Gasteiger partial charge on any atom is 0.301 e. The van der Waals surface area contributed by atoms with Gasteiger partial charge in [-0.3, -0.25) is 9.89 Å². The fourth-order valence-electron chi connectivity index (χ4n) is 3.00. The van der Waals surface area contributed by atoms with Crippen LogP contribution in [0.1, 0.15) is 37.2 Å². The average molecular weight is 410 g/mol. The van der Waals surface area contributed by atoms with Gasteiger partial charge in [0, 0.05) is 11.3 Å². The molecule has 0 unspecified atom stereocenters. The second-order valence-electron chi connectivity index (χ2n) is 6.70. The number of hydrogen-bond donors (Lipinski definition) is 1. The summed E-state index contributed by atoms with van der Waals surface area (Å²) in [5.41, 5.74) is 2.73. The SMILES string of the molecule is CCCc1c(C)nc(-n2[nH]c(C)c(N=Nc3ccc(OC)cc3)c2=O)nc1OCC. The van der Waals surface area contributed by atoms with Gasteiger partial charge in [-0.05, 0) is 51.5 Å². The molecule has 0 aliphatic carbocycles. The number of azo groups is 1. The third-order valence-electron chi connectivity index (χ3n) is 4.52. The van der Waals surface area contributed by atoms with Gasteiger partial charge in [-0.15, -0.1) is 5.11 Å². The number of benzene rings is 1. The lowest BCUT2D eigenvalue weighted by molar-refractivity contribution is 0.320. The summed E-state index contributed by atoms with van der Waals surface area (Å²) in [4.78, 5) is 21.9. The number of aromatic amines is 1. The predicted molar refractivity (Wildman–Crippen MR) is 114 cm³/mol. The van der Waals surface area contributed by atoms with Crippen molar-refractivity contribution in [3.63, 3.8) is 0 Å². The van der Waals surface area contributed by atoms with Crippen LogP contribution in [-0.2, 0) is 6.42 Å². The minimum atomic E-state index is -0.380. The summed E-state index contributed by atoms with van der Waals surface area (Å²) in [6.07, 6.45) is 1.75. The molecule has 0 spiro atoms. The van der Waals surface area contributed by atoms with E-state index < -0.39 is 0 Å². The second kappa shape index (κ2) is 9.34. The van der Waals surface area contributed by atoms with Gasteiger partial charge in [0.2, 0.25) is 5.88 Å². The molecule has 0 saturated heterocycles. The number of methoxy groups -OCH3 is 1. The Hall–Kier alpha value is -3.49. The van der Waals surface area contributed by atoms with Crippen LogP contribution in [0, 0.1) is 13.8 Å². The first-order valence-electron chi connectivity index (χ1n) is 9.86. The van der Waals surface area contributed by atoms with Crippen LogP contribution in [0.25, 0.3) is 5.95 Å². The van der Waals surface area contributed by atoms with Crippen LogP contribution < -0.4 is 15.0 Å². The highest BCUT2D eigenvalue weighted by Gasteiger charge is 2.18. The monoisotopic (exact) mass is 410 g/mol. The molecule has 0 saturated carbocycles. The summed E-state index contributed by atoms with van der Waals surface area (Å²) in [6.45, 7) is 8.11. The molecule has 0 aliphatic rings. The quantitative estimate of drug-likeness (QED) is 0.556. The molecule has 1 aromatic carbocycles. The Kier molecular flexibility index (Phi) is 6.61. The van der Waals surface area contributed by atoms with E-state index in [0.717, 1.165) is 29.8 Å². The lowest BCUT2D eigenvalue weighted by Gasteiger charge is -2.12. The molecule has 0 aliphatic heterocycles. The van der Waals surface area contributed by atoms with Crippen molar-refractivity contribution in [2.24, 2.45) is 10.2 Å². The van der Waals surface area contributed by atoms with Gasteiger partial charge in [0.25, 0.3) is 5.95 Å². The van der Waals surface area contributed by atoms with E-state index in [1.807, 2.05) is 13.8 Å². The lowest BCUT2D eigenvalue weighted by Crippen LogP contribution is -2.19. The van der Waals surface area contributed by atoms with Crippen molar-refractivity contribution < 1.29 is 9.47 Å². The van der Waals surface area contributed by atoms with Crippen LogP contribution in [0.5, 0.6) is 11.6 Å². The van der Waals surface area contributed by atoms with Crippen molar-refractivity contribution >= 4 is 11.4 Å². The molecular weight excluding hydrogens is 384 g/mol. The summed E-state index contributed by atoms with van der Waals surface area (Å²) in [5.74, 6) is 1.44. The Labute approximate surface area is 174 Å². The molecular formula is C21H26N6O3. The van der Waals surface area contributed by atoms with Crippen molar-refractivity contribution in [1.29, 1.82) is 0 Å². The summed E-state index contributed by atoms with van der Waals surface area (Å²) in [7, 11) is 1.59. The standard InChI is InChI=1S/C21H26N6O3/c1-6-8-17-13(3)22-21(23-19(17)30-7-2)27-20(28)18(14(4)26-27)25-24-15-9-11-16(29-5)12-10-15/h9-12,26H,6-8H2,1-5H3. The van der Waals surface area contributed by atoms with Gasteiger partial charge in [0.1, 0.15) is 5.75 Å².